The molecule has 0 aliphatic rings. The molecule has 7 heteroatoms. The topological polar surface area (TPSA) is 64.4 Å². The van der Waals surface area contributed by atoms with Crippen LogP contribution in [0.25, 0.3) is 10.2 Å². The molecular weight excluding hydrogens is 374 g/mol. The number of ether oxygens (including phenoxy) is 1. The number of fused-ring (bicyclic) bond motifs is 1. The zero-order valence-electron chi connectivity index (χ0n) is 16.8. The van der Waals surface area contributed by atoms with Gasteiger partial charge in [0.25, 0.3) is 5.91 Å². The molecule has 0 bridgehead atoms. The Hall–Kier alpha value is -2.67. The van der Waals surface area contributed by atoms with Gasteiger partial charge in [-0.2, -0.15) is 5.10 Å². The molecule has 1 aromatic carbocycles. The Morgan fingerprint density at radius 3 is 2.50 bits per heavy atom. The van der Waals surface area contributed by atoms with Crippen LogP contribution in [-0.4, -0.2) is 40.7 Å². The van der Waals surface area contributed by atoms with Crippen molar-refractivity contribution in [3.63, 3.8) is 0 Å². The molecule has 1 atom stereocenters. The number of carbonyl (C=O) groups excluding carboxylic acids is 2. The first-order valence-electron chi connectivity index (χ1n) is 9.22. The van der Waals surface area contributed by atoms with Crippen LogP contribution in [0.1, 0.15) is 40.9 Å². The van der Waals surface area contributed by atoms with Crippen LogP contribution < -0.4 is 0 Å². The van der Waals surface area contributed by atoms with E-state index >= 15 is 0 Å². The lowest BCUT2D eigenvalue weighted by Gasteiger charge is -2.20. The first kappa shape index (κ1) is 20.1. The summed E-state index contributed by atoms with van der Waals surface area (Å²) in [6, 6.07) is 10.9. The van der Waals surface area contributed by atoms with E-state index in [1.807, 2.05) is 35.9 Å². The Balaban J connectivity index is 1.91. The van der Waals surface area contributed by atoms with Crippen molar-refractivity contribution in [2.45, 2.75) is 33.4 Å². The van der Waals surface area contributed by atoms with Gasteiger partial charge < -0.3 is 9.64 Å². The smallest absolute Gasteiger partial charge is 0.349 e. The van der Waals surface area contributed by atoms with Gasteiger partial charge >= 0.3 is 5.97 Å². The highest BCUT2D eigenvalue weighted by Crippen LogP contribution is 2.31. The third-order valence-electron chi connectivity index (χ3n) is 4.34. The summed E-state index contributed by atoms with van der Waals surface area (Å²) in [6.45, 7) is 6.97. The van der Waals surface area contributed by atoms with Crippen molar-refractivity contribution in [1.29, 1.82) is 0 Å². The van der Waals surface area contributed by atoms with Crippen LogP contribution in [0.2, 0.25) is 0 Å². The van der Waals surface area contributed by atoms with Gasteiger partial charge in [-0.1, -0.05) is 44.2 Å². The molecule has 3 aromatic rings. The van der Waals surface area contributed by atoms with Crippen LogP contribution in [0, 0.1) is 12.8 Å². The molecule has 1 amide bonds. The van der Waals surface area contributed by atoms with E-state index in [0.29, 0.717) is 16.4 Å². The minimum Gasteiger partial charge on any atom is -0.443 e. The van der Waals surface area contributed by atoms with E-state index < -0.39 is 12.1 Å². The summed E-state index contributed by atoms with van der Waals surface area (Å²) in [5, 5.41) is 5.52. The van der Waals surface area contributed by atoms with E-state index in [2.05, 4.69) is 18.9 Å². The van der Waals surface area contributed by atoms with E-state index in [9.17, 15) is 9.59 Å². The molecule has 2 aromatic heterocycles. The molecule has 1 unspecified atom stereocenters. The van der Waals surface area contributed by atoms with Crippen LogP contribution >= 0.6 is 11.3 Å². The van der Waals surface area contributed by atoms with Gasteiger partial charge in [-0.05, 0) is 18.9 Å². The number of hydrogen-bond acceptors (Lipinski definition) is 5. The number of likely N-dealkylation sites (N-methyl/N-ethyl adjacent to an activating group) is 1. The average molecular weight is 400 g/mol. The van der Waals surface area contributed by atoms with Crippen LogP contribution in [0.3, 0.4) is 0 Å². The molecule has 148 valence electrons. The van der Waals surface area contributed by atoms with E-state index in [1.54, 1.807) is 26.2 Å². The number of thiophene rings is 1. The molecule has 28 heavy (non-hydrogen) atoms. The zero-order valence-corrected chi connectivity index (χ0v) is 17.6. The van der Waals surface area contributed by atoms with Gasteiger partial charge in [0.05, 0.1) is 5.69 Å². The number of hydrogen-bond donors (Lipinski definition) is 0. The summed E-state index contributed by atoms with van der Waals surface area (Å²) in [5.41, 5.74) is 1.53. The van der Waals surface area contributed by atoms with Gasteiger partial charge in [0.15, 0.2) is 0 Å². The summed E-state index contributed by atoms with van der Waals surface area (Å²) >= 11 is 1.35. The molecule has 2 heterocycles. The Kier molecular flexibility index (Phi) is 5.84. The van der Waals surface area contributed by atoms with Gasteiger partial charge in [-0.25, -0.2) is 4.79 Å². The van der Waals surface area contributed by atoms with Crippen molar-refractivity contribution in [2.75, 3.05) is 14.1 Å². The average Bonchev–Trinajstić information content (AvgIpc) is 3.21. The lowest BCUT2D eigenvalue weighted by atomic mass is 10.1. The molecule has 0 aliphatic carbocycles. The summed E-state index contributed by atoms with van der Waals surface area (Å²) in [7, 11) is 3.30. The van der Waals surface area contributed by atoms with Crippen molar-refractivity contribution in [3.8, 4) is 0 Å². The van der Waals surface area contributed by atoms with E-state index in [1.165, 1.54) is 16.2 Å². The first-order chi connectivity index (χ1) is 13.3. The summed E-state index contributed by atoms with van der Waals surface area (Å²) in [6.07, 6.45) is -0.970. The maximum atomic E-state index is 12.9. The fourth-order valence-corrected chi connectivity index (χ4v) is 4.03. The minimum absolute atomic E-state index is 0.275. The van der Waals surface area contributed by atoms with Crippen molar-refractivity contribution in [3.05, 3.63) is 52.5 Å². The van der Waals surface area contributed by atoms with Gasteiger partial charge in [-0.15, -0.1) is 11.3 Å². The first-order valence-corrected chi connectivity index (χ1v) is 10.0. The van der Waals surface area contributed by atoms with Crippen molar-refractivity contribution < 1.29 is 14.3 Å². The molecule has 0 saturated heterocycles. The molecule has 6 nitrogen and oxygen atoms in total. The Labute approximate surface area is 168 Å². The number of carbonyl (C=O) groups is 2. The number of rotatable bonds is 6. The van der Waals surface area contributed by atoms with Crippen molar-refractivity contribution >= 4 is 33.4 Å². The lowest BCUT2D eigenvalue weighted by Crippen LogP contribution is -2.31. The second-order valence-electron chi connectivity index (χ2n) is 7.42. The molecule has 0 aliphatic heterocycles. The number of amides is 1. The highest BCUT2D eigenvalue weighted by Gasteiger charge is 2.28. The Bertz CT molecular complexity index is 989. The highest BCUT2D eigenvalue weighted by molar-refractivity contribution is 7.20. The third-order valence-corrected chi connectivity index (χ3v) is 5.47. The normalized spacial score (nSPS) is 12.4. The van der Waals surface area contributed by atoms with Crippen LogP contribution in [0.5, 0.6) is 0 Å². The second kappa shape index (κ2) is 8.14. The van der Waals surface area contributed by atoms with E-state index in [-0.39, 0.29) is 5.91 Å². The quantitative estimate of drug-likeness (QED) is 0.587. The fourth-order valence-electron chi connectivity index (χ4n) is 2.97. The molecular formula is C21H25N3O3S. The third kappa shape index (κ3) is 4.09. The maximum absolute atomic E-state index is 12.9. The predicted octanol–water partition coefficient (Wildman–Crippen LogP) is 4.05. The second-order valence-corrected chi connectivity index (χ2v) is 8.45. The number of benzene rings is 1. The predicted molar refractivity (Wildman–Crippen MR) is 110 cm³/mol. The van der Waals surface area contributed by atoms with Crippen LogP contribution in [-0.2, 0) is 16.1 Å². The fraction of sp³-hybridized carbons (Fsp3) is 0.381. The molecule has 0 spiro atoms. The summed E-state index contributed by atoms with van der Waals surface area (Å²) in [5.74, 6) is -0.330. The summed E-state index contributed by atoms with van der Waals surface area (Å²) in [4.78, 5) is 28.3. The maximum Gasteiger partial charge on any atom is 0.349 e. The largest absolute Gasteiger partial charge is 0.443 e. The van der Waals surface area contributed by atoms with Crippen molar-refractivity contribution in [1.82, 2.24) is 14.7 Å². The monoisotopic (exact) mass is 399 g/mol. The Morgan fingerprint density at radius 1 is 1.21 bits per heavy atom. The lowest BCUT2D eigenvalue weighted by molar-refractivity contribution is -0.138. The SMILES string of the molecule is Cc1nn(CC(C)C)c2sc(C(=O)OC(C(=O)N(C)C)c3ccccc3)cc12. The molecule has 0 fully saturated rings. The summed E-state index contributed by atoms with van der Waals surface area (Å²) < 4.78 is 7.60. The van der Waals surface area contributed by atoms with Gasteiger partial charge in [0.1, 0.15) is 9.71 Å². The number of aryl methyl sites for hydroxylation is 1. The number of nitrogens with zero attached hydrogens (tertiary/aromatic N) is 3. The molecule has 0 N–H and O–H groups in total. The van der Waals surface area contributed by atoms with Crippen LogP contribution in [0.15, 0.2) is 36.4 Å². The standard InChI is InChI=1S/C21H25N3O3S/c1-13(2)12-24-20-16(14(3)22-24)11-17(28-20)21(26)27-18(19(25)23(4)5)15-9-7-6-8-10-15/h6-11,13,18H,12H2,1-5H3. The molecule has 0 radical (unpaired) electrons. The Morgan fingerprint density at radius 2 is 1.89 bits per heavy atom. The number of aromatic nitrogens is 2. The molecule has 3 rings (SSSR count). The van der Waals surface area contributed by atoms with E-state index in [4.69, 9.17) is 4.74 Å². The zero-order chi connectivity index (χ0) is 20.4. The molecule has 0 saturated carbocycles. The van der Waals surface area contributed by atoms with E-state index in [0.717, 1.165) is 22.5 Å². The van der Waals surface area contributed by atoms with Gasteiger partial charge in [0.2, 0.25) is 6.10 Å². The van der Waals surface area contributed by atoms with Crippen molar-refractivity contribution in [2.24, 2.45) is 5.92 Å². The highest BCUT2D eigenvalue weighted by atomic mass is 32.1. The van der Waals surface area contributed by atoms with Crippen LogP contribution in [0.4, 0.5) is 0 Å². The van der Waals surface area contributed by atoms with Gasteiger partial charge in [0, 0.05) is 31.6 Å². The number of esters is 1. The minimum atomic E-state index is -0.970. The van der Waals surface area contributed by atoms with Gasteiger partial charge in [-0.3, -0.25) is 9.48 Å².